The van der Waals surface area contributed by atoms with Crippen LogP contribution in [0.4, 0.5) is 0 Å². The molecule has 16 heavy (non-hydrogen) atoms. The summed E-state index contributed by atoms with van der Waals surface area (Å²) >= 11 is 8.46. The van der Waals surface area contributed by atoms with Gasteiger partial charge in [0.2, 0.25) is 0 Å². The number of carbonyl (C=O) groups is 1. The van der Waals surface area contributed by atoms with Crippen molar-refractivity contribution in [3.8, 4) is 0 Å². The van der Waals surface area contributed by atoms with Gasteiger partial charge in [0.05, 0.1) is 5.56 Å². The Morgan fingerprint density at radius 3 is 2.81 bits per heavy atom. The molecule has 1 N–H and O–H groups in total. The van der Waals surface area contributed by atoms with Crippen molar-refractivity contribution in [1.82, 2.24) is 5.32 Å². The molecule has 0 fully saturated rings. The van der Waals surface area contributed by atoms with Crippen LogP contribution in [0.1, 0.15) is 17.3 Å². The van der Waals surface area contributed by atoms with Gasteiger partial charge in [-0.3, -0.25) is 4.79 Å². The summed E-state index contributed by atoms with van der Waals surface area (Å²) < 4.78 is 1.71. The number of thioether (sulfide) groups is 1. The quantitative estimate of drug-likeness (QED) is 0.880. The molecule has 0 heterocycles. The van der Waals surface area contributed by atoms with Crippen LogP contribution < -0.4 is 5.32 Å². The number of rotatable bonds is 4. The van der Waals surface area contributed by atoms with E-state index in [1.54, 1.807) is 11.8 Å². The Balaban J connectivity index is 2.69. The Bertz CT molecular complexity index is 384. The van der Waals surface area contributed by atoms with Gasteiger partial charge in [-0.05, 0) is 40.4 Å². The molecular formula is C11H13Br2NOS. The highest BCUT2D eigenvalue weighted by molar-refractivity contribution is 9.11. The van der Waals surface area contributed by atoms with Crippen LogP contribution in [-0.4, -0.2) is 24.0 Å². The topological polar surface area (TPSA) is 29.1 Å². The standard InChI is InChI=1S/C11H13Br2NOS/c1-7(16-2)6-14-11(15)9-5-8(12)3-4-10(9)13/h3-5,7H,6H2,1-2H3,(H,14,15). The molecule has 5 heteroatoms. The molecule has 88 valence electrons. The molecule has 0 aliphatic heterocycles. The lowest BCUT2D eigenvalue weighted by atomic mass is 10.2. The maximum atomic E-state index is 11.9. The van der Waals surface area contributed by atoms with Gasteiger partial charge in [-0.1, -0.05) is 22.9 Å². The highest BCUT2D eigenvalue weighted by Gasteiger charge is 2.11. The molecule has 0 aromatic heterocycles. The van der Waals surface area contributed by atoms with Gasteiger partial charge in [-0.15, -0.1) is 0 Å². The molecule has 1 rings (SSSR count). The van der Waals surface area contributed by atoms with Crippen molar-refractivity contribution >= 4 is 49.5 Å². The van der Waals surface area contributed by atoms with Gasteiger partial charge in [-0.25, -0.2) is 0 Å². The van der Waals surface area contributed by atoms with Crippen molar-refractivity contribution in [3.05, 3.63) is 32.7 Å². The Hall–Kier alpha value is -0.000000000000000111. The summed E-state index contributed by atoms with van der Waals surface area (Å²) in [5.41, 5.74) is 0.655. The van der Waals surface area contributed by atoms with Crippen LogP contribution in [0.3, 0.4) is 0 Å². The minimum absolute atomic E-state index is 0.0472. The highest BCUT2D eigenvalue weighted by atomic mass is 79.9. The van der Waals surface area contributed by atoms with Crippen LogP contribution in [0.5, 0.6) is 0 Å². The van der Waals surface area contributed by atoms with E-state index in [2.05, 4.69) is 44.1 Å². The second kappa shape index (κ2) is 6.67. The first kappa shape index (κ1) is 14.1. The van der Waals surface area contributed by atoms with Crippen LogP contribution in [0.15, 0.2) is 27.1 Å². The number of carbonyl (C=O) groups excluding carboxylic acids is 1. The number of nitrogens with one attached hydrogen (secondary N) is 1. The van der Waals surface area contributed by atoms with E-state index in [4.69, 9.17) is 0 Å². The predicted molar refractivity (Wildman–Crippen MR) is 77.2 cm³/mol. The zero-order valence-electron chi connectivity index (χ0n) is 9.09. The highest BCUT2D eigenvalue weighted by Crippen LogP contribution is 2.21. The zero-order chi connectivity index (χ0) is 12.1. The average Bonchev–Trinajstić information content (AvgIpc) is 2.28. The minimum atomic E-state index is -0.0472. The number of hydrogen-bond acceptors (Lipinski definition) is 2. The van der Waals surface area contributed by atoms with Crippen molar-refractivity contribution in [2.75, 3.05) is 12.8 Å². The molecule has 0 saturated heterocycles. The molecule has 1 aromatic carbocycles. The molecule has 0 radical (unpaired) electrons. The van der Waals surface area contributed by atoms with Crippen molar-refractivity contribution in [1.29, 1.82) is 0 Å². The molecule has 0 aliphatic carbocycles. The molecule has 0 saturated carbocycles. The average molecular weight is 367 g/mol. The van der Waals surface area contributed by atoms with Crippen molar-refractivity contribution in [2.45, 2.75) is 12.2 Å². The van der Waals surface area contributed by atoms with Crippen LogP contribution in [0.25, 0.3) is 0 Å². The van der Waals surface area contributed by atoms with Crippen molar-refractivity contribution in [3.63, 3.8) is 0 Å². The van der Waals surface area contributed by atoms with Gasteiger partial charge in [0.1, 0.15) is 0 Å². The molecule has 1 atom stereocenters. The number of halogens is 2. The second-order valence-corrected chi connectivity index (χ2v) is 6.43. The molecule has 1 aromatic rings. The first-order chi connectivity index (χ1) is 7.54. The van der Waals surface area contributed by atoms with E-state index in [9.17, 15) is 4.79 Å². The maximum absolute atomic E-state index is 11.9. The van der Waals surface area contributed by atoms with E-state index in [1.165, 1.54) is 0 Å². The third-order valence-electron chi connectivity index (χ3n) is 2.13. The van der Waals surface area contributed by atoms with E-state index in [0.29, 0.717) is 17.4 Å². The Labute approximate surface area is 117 Å². The number of amides is 1. The number of hydrogen-bond donors (Lipinski definition) is 1. The van der Waals surface area contributed by atoms with Crippen molar-refractivity contribution < 1.29 is 4.79 Å². The van der Waals surface area contributed by atoms with Gasteiger partial charge >= 0.3 is 0 Å². The smallest absolute Gasteiger partial charge is 0.252 e. The van der Waals surface area contributed by atoms with Gasteiger partial charge in [0.15, 0.2) is 0 Å². The molecule has 2 nitrogen and oxygen atoms in total. The van der Waals surface area contributed by atoms with Crippen LogP contribution >= 0.6 is 43.6 Å². The second-order valence-electron chi connectivity index (χ2n) is 3.38. The summed E-state index contributed by atoms with van der Waals surface area (Å²) in [5.74, 6) is -0.0472. The summed E-state index contributed by atoms with van der Waals surface area (Å²) in [6, 6.07) is 5.56. The zero-order valence-corrected chi connectivity index (χ0v) is 13.1. The molecule has 1 unspecified atom stereocenters. The predicted octanol–water partition coefficient (Wildman–Crippen LogP) is 3.69. The summed E-state index contributed by atoms with van der Waals surface area (Å²) in [5, 5.41) is 3.33. The van der Waals surface area contributed by atoms with Crippen molar-refractivity contribution in [2.24, 2.45) is 0 Å². The fraction of sp³-hybridized carbons (Fsp3) is 0.364. The van der Waals surface area contributed by atoms with Gasteiger partial charge in [0.25, 0.3) is 5.91 Å². The van der Waals surface area contributed by atoms with Crippen LogP contribution in [-0.2, 0) is 0 Å². The fourth-order valence-corrected chi connectivity index (χ4v) is 2.12. The first-order valence-corrected chi connectivity index (χ1v) is 7.68. The Kier molecular flexibility index (Phi) is 5.86. The first-order valence-electron chi connectivity index (χ1n) is 4.80. The van der Waals surface area contributed by atoms with Crippen LogP contribution in [0, 0.1) is 0 Å². The van der Waals surface area contributed by atoms with E-state index < -0.39 is 0 Å². The molecule has 0 bridgehead atoms. The molecular weight excluding hydrogens is 354 g/mol. The normalized spacial score (nSPS) is 12.2. The van der Waals surface area contributed by atoms with E-state index in [1.807, 2.05) is 24.5 Å². The summed E-state index contributed by atoms with van der Waals surface area (Å²) in [7, 11) is 0. The van der Waals surface area contributed by atoms with E-state index >= 15 is 0 Å². The minimum Gasteiger partial charge on any atom is -0.351 e. The number of benzene rings is 1. The summed E-state index contributed by atoms with van der Waals surface area (Å²) in [4.78, 5) is 11.9. The summed E-state index contributed by atoms with van der Waals surface area (Å²) in [6.07, 6.45) is 2.03. The molecule has 0 aliphatic rings. The Morgan fingerprint density at radius 2 is 2.19 bits per heavy atom. The van der Waals surface area contributed by atoms with Gasteiger partial charge in [-0.2, -0.15) is 11.8 Å². The Morgan fingerprint density at radius 1 is 1.50 bits per heavy atom. The largest absolute Gasteiger partial charge is 0.351 e. The van der Waals surface area contributed by atoms with E-state index in [0.717, 1.165) is 8.95 Å². The third-order valence-corrected chi connectivity index (χ3v) is 4.28. The monoisotopic (exact) mass is 365 g/mol. The summed E-state index contributed by atoms with van der Waals surface area (Å²) in [6.45, 7) is 2.76. The fourth-order valence-electron chi connectivity index (χ4n) is 1.09. The lowest BCUT2D eigenvalue weighted by molar-refractivity contribution is 0.0953. The molecule has 1 amide bonds. The van der Waals surface area contributed by atoms with Crippen LogP contribution in [0.2, 0.25) is 0 Å². The van der Waals surface area contributed by atoms with Gasteiger partial charge in [0, 0.05) is 20.7 Å². The maximum Gasteiger partial charge on any atom is 0.252 e. The third kappa shape index (κ3) is 4.11. The lowest BCUT2D eigenvalue weighted by Gasteiger charge is -2.11. The van der Waals surface area contributed by atoms with Gasteiger partial charge < -0.3 is 5.32 Å². The SMILES string of the molecule is CSC(C)CNC(=O)c1cc(Br)ccc1Br. The van der Waals surface area contributed by atoms with E-state index in [-0.39, 0.29) is 5.91 Å². The lowest BCUT2D eigenvalue weighted by Crippen LogP contribution is -2.29. The molecule has 0 spiro atoms.